The quantitative estimate of drug-likeness (QED) is 0.666. The second-order valence-electron chi connectivity index (χ2n) is 4.64. The summed E-state index contributed by atoms with van der Waals surface area (Å²) in [5.41, 5.74) is 1.95. The number of hydrogen-bond donors (Lipinski definition) is 1. The summed E-state index contributed by atoms with van der Waals surface area (Å²) in [6, 6.07) is 10.0. The summed E-state index contributed by atoms with van der Waals surface area (Å²) in [7, 11) is 0. The maximum Gasteiger partial charge on any atom is 0.282 e. The van der Waals surface area contributed by atoms with Crippen LogP contribution in [0.2, 0.25) is 0 Å². The zero-order chi connectivity index (χ0) is 15.6. The SMILES string of the molecule is Cc1ccc(Br)cc1NC(=O)c1c(C)cccc1[N+](=O)[O-]. The van der Waals surface area contributed by atoms with E-state index in [1.54, 1.807) is 25.1 Å². The fourth-order valence-electron chi connectivity index (χ4n) is 2.01. The van der Waals surface area contributed by atoms with Gasteiger partial charge in [0.2, 0.25) is 0 Å². The number of aryl methyl sites for hydroxylation is 2. The third-order valence-electron chi connectivity index (χ3n) is 3.12. The predicted octanol–water partition coefficient (Wildman–Crippen LogP) is 4.23. The predicted molar refractivity (Wildman–Crippen MR) is 84.7 cm³/mol. The van der Waals surface area contributed by atoms with Gasteiger partial charge in [0.05, 0.1) is 4.92 Å². The van der Waals surface area contributed by atoms with Crippen LogP contribution in [0.25, 0.3) is 0 Å². The summed E-state index contributed by atoms with van der Waals surface area (Å²) in [6.45, 7) is 3.53. The number of rotatable bonds is 3. The molecule has 0 aliphatic rings. The highest BCUT2D eigenvalue weighted by Crippen LogP contribution is 2.25. The molecule has 0 aromatic heterocycles. The molecule has 1 amide bonds. The monoisotopic (exact) mass is 348 g/mol. The Hall–Kier alpha value is -2.21. The van der Waals surface area contributed by atoms with Crippen LogP contribution in [0.5, 0.6) is 0 Å². The lowest BCUT2D eigenvalue weighted by Crippen LogP contribution is -2.16. The van der Waals surface area contributed by atoms with Crippen LogP contribution in [0.3, 0.4) is 0 Å². The Morgan fingerprint density at radius 3 is 2.57 bits per heavy atom. The molecule has 2 rings (SSSR count). The van der Waals surface area contributed by atoms with Gasteiger partial charge < -0.3 is 5.32 Å². The minimum Gasteiger partial charge on any atom is -0.321 e. The minimum atomic E-state index is -0.546. The van der Waals surface area contributed by atoms with Gasteiger partial charge >= 0.3 is 0 Å². The molecule has 0 heterocycles. The van der Waals surface area contributed by atoms with Crippen molar-refractivity contribution in [1.29, 1.82) is 0 Å². The molecule has 108 valence electrons. The highest BCUT2D eigenvalue weighted by Gasteiger charge is 2.22. The molecule has 0 saturated heterocycles. The Labute approximate surface area is 130 Å². The molecule has 1 N–H and O–H groups in total. The van der Waals surface area contributed by atoms with Crippen molar-refractivity contribution in [1.82, 2.24) is 0 Å². The van der Waals surface area contributed by atoms with Gasteiger partial charge in [-0.2, -0.15) is 0 Å². The molecule has 0 unspecified atom stereocenters. The van der Waals surface area contributed by atoms with Gasteiger partial charge in [0, 0.05) is 16.2 Å². The number of nitro groups is 1. The van der Waals surface area contributed by atoms with Crippen LogP contribution in [0.1, 0.15) is 21.5 Å². The summed E-state index contributed by atoms with van der Waals surface area (Å²) in [5.74, 6) is -0.485. The lowest BCUT2D eigenvalue weighted by Gasteiger charge is -2.10. The van der Waals surface area contributed by atoms with Crippen LogP contribution < -0.4 is 5.32 Å². The van der Waals surface area contributed by atoms with Gasteiger partial charge in [-0.3, -0.25) is 14.9 Å². The third-order valence-corrected chi connectivity index (χ3v) is 3.62. The average Bonchev–Trinajstić information content (AvgIpc) is 2.42. The molecule has 0 saturated carbocycles. The normalized spacial score (nSPS) is 10.2. The van der Waals surface area contributed by atoms with E-state index in [4.69, 9.17) is 0 Å². The van der Waals surface area contributed by atoms with E-state index in [9.17, 15) is 14.9 Å². The van der Waals surface area contributed by atoms with Crippen LogP contribution in [-0.4, -0.2) is 10.8 Å². The van der Waals surface area contributed by atoms with Crippen LogP contribution in [-0.2, 0) is 0 Å². The molecule has 0 atom stereocenters. The van der Waals surface area contributed by atoms with Gasteiger partial charge in [-0.1, -0.05) is 34.1 Å². The van der Waals surface area contributed by atoms with Crippen LogP contribution in [0.4, 0.5) is 11.4 Å². The number of nitro benzene ring substituents is 1. The van der Waals surface area contributed by atoms with Crippen molar-refractivity contribution in [3.8, 4) is 0 Å². The van der Waals surface area contributed by atoms with Gasteiger partial charge in [-0.25, -0.2) is 0 Å². The first-order valence-corrected chi connectivity index (χ1v) is 7.01. The number of halogens is 1. The number of nitrogens with one attached hydrogen (secondary N) is 1. The standard InChI is InChI=1S/C15H13BrN2O3/c1-9-6-7-11(16)8-12(9)17-15(19)14-10(2)4-3-5-13(14)18(20)21/h3-8H,1-2H3,(H,17,19). The number of anilines is 1. The first-order chi connectivity index (χ1) is 9.90. The molecular formula is C15H13BrN2O3. The van der Waals surface area contributed by atoms with E-state index >= 15 is 0 Å². The third kappa shape index (κ3) is 3.28. The Kier molecular flexibility index (Phi) is 4.37. The molecule has 0 radical (unpaired) electrons. The highest BCUT2D eigenvalue weighted by atomic mass is 79.9. The number of hydrogen-bond acceptors (Lipinski definition) is 3. The van der Waals surface area contributed by atoms with E-state index < -0.39 is 10.8 Å². The maximum atomic E-state index is 12.4. The Bertz CT molecular complexity index is 729. The lowest BCUT2D eigenvalue weighted by atomic mass is 10.1. The van der Waals surface area contributed by atoms with Gasteiger partial charge in [0.1, 0.15) is 5.56 Å². The van der Waals surface area contributed by atoms with Crippen molar-refractivity contribution in [2.24, 2.45) is 0 Å². The van der Waals surface area contributed by atoms with Crippen molar-refractivity contribution in [3.63, 3.8) is 0 Å². The van der Waals surface area contributed by atoms with Crippen LogP contribution in [0, 0.1) is 24.0 Å². The summed E-state index contributed by atoms with van der Waals surface area (Å²) >= 11 is 3.34. The van der Waals surface area contributed by atoms with Crippen LogP contribution in [0.15, 0.2) is 40.9 Å². The second kappa shape index (κ2) is 6.05. The molecule has 6 heteroatoms. The largest absolute Gasteiger partial charge is 0.321 e. The fraction of sp³-hybridized carbons (Fsp3) is 0.133. The minimum absolute atomic E-state index is 0.0851. The zero-order valence-corrected chi connectivity index (χ0v) is 13.1. The molecule has 0 aliphatic carbocycles. The van der Waals surface area contributed by atoms with Crippen molar-refractivity contribution >= 4 is 33.2 Å². The molecular weight excluding hydrogens is 336 g/mol. The molecule has 2 aromatic carbocycles. The van der Waals surface area contributed by atoms with E-state index in [1.807, 2.05) is 19.1 Å². The van der Waals surface area contributed by atoms with E-state index in [2.05, 4.69) is 21.2 Å². The molecule has 0 spiro atoms. The summed E-state index contributed by atoms with van der Waals surface area (Å²) in [6.07, 6.45) is 0. The number of carbonyl (C=O) groups excluding carboxylic acids is 1. The van der Waals surface area contributed by atoms with Gasteiger partial charge in [0.15, 0.2) is 0 Å². The number of benzene rings is 2. The van der Waals surface area contributed by atoms with E-state index in [1.165, 1.54) is 6.07 Å². The molecule has 0 fully saturated rings. The topological polar surface area (TPSA) is 72.2 Å². The fourth-order valence-corrected chi connectivity index (χ4v) is 2.37. The highest BCUT2D eigenvalue weighted by molar-refractivity contribution is 9.10. The molecule has 2 aromatic rings. The lowest BCUT2D eigenvalue weighted by molar-refractivity contribution is -0.385. The molecule has 0 bridgehead atoms. The smallest absolute Gasteiger partial charge is 0.282 e. The van der Waals surface area contributed by atoms with Crippen molar-refractivity contribution in [3.05, 3.63) is 67.7 Å². The van der Waals surface area contributed by atoms with Gasteiger partial charge in [-0.15, -0.1) is 0 Å². The molecule has 0 aliphatic heterocycles. The Balaban J connectivity index is 2.42. The first kappa shape index (κ1) is 15.2. The second-order valence-corrected chi connectivity index (χ2v) is 5.56. The summed E-state index contributed by atoms with van der Waals surface area (Å²) in [5, 5.41) is 13.8. The number of nitrogens with zero attached hydrogens (tertiary/aromatic N) is 1. The Morgan fingerprint density at radius 1 is 1.19 bits per heavy atom. The Morgan fingerprint density at radius 2 is 1.90 bits per heavy atom. The van der Waals surface area contributed by atoms with Gasteiger partial charge in [-0.05, 0) is 37.1 Å². The molecule has 5 nitrogen and oxygen atoms in total. The number of carbonyl (C=O) groups is 1. The summed E-state index contributed by atoms with van der Waals surface area (Å²) in [4.78, 5) is 22.9. The van der Waals surface area contributed by atoms with Crippen molar-refractivity contribution in [2.45, 2.75) is 13.8 Å². The maximum absolute atomic E-state index is 12.4. The van der Waals surface area contributed by atoms with Gasteiger partial charge in [0.25, 0.3) is 11.6 Å². The summed E-state index contributed by atoms with van der Waals surface area (Å²) < 4.78 is 0.822. The van der Waals surface area contributed by atoms with E-state index in [0.717, 1.165) is 10.0 Å². The van der Waals surface area contributed by atoms with Crippen molar-refractivity contribution in [2.75, 3.05) is 5.32 Å². The average molecular weight is 349 g/mol. The van der Waals surface area contributed by atoms with Crippen LogP contribution >= 0.6 is 15.9 Å². The molecule has 21 heavy (non-hydrogen) atoms. The zero-order valence-electron chi connectivity index (χ0n) is 11.5. The first-order valence-electron chi connectivity index (χ1n) is 6.21. The van der Waals surface area contributed by atoms with Crippen molar-refractivity contribution < 1.29 is 9.72 Å². The number of amides is 1. The van der Waals surface area contributed by atoms with E-state index in [-0.39, 0.29) is 11.3 Å². The van der Waals surface area contributed by atoms with E-state index in [0.29, 0.717) is 11.3 Å².